The molecule has 2 N–H and O–H groups in total. The van der Waals surface area contributed by atoms with E-state index in [0.29, 0.717) is 0 Å². The average Bonchev–Trinajstić information content (AvgIpc) is 3.28. The van der Waals surface area contributed by atoms with Crippen molar-refractivity contribution in [2.45, 2.75) is 16.1 Å². The fourth-order valence-corrected chi connectivity index (χ4v) is 6.32. The monoisotopic (exact) mass is 361 g/mol. The topological polar surface area (TPSA) is 69.4 Å². The summed E-state index contributed by atoms with van der Waals surface area (Å²) in [6.45, 7) is 0.179. The van der Waals surface area contributed by atoms with E-state index in [9.17, 15) is 8.42 Å². The summed E-state index contributed by atoms with van der Waals surface area (Å²) >= 11 is 5.27. The smallest absolute Gasteiger partial charge is 0.182 e. The molecule has 0 aromatic heterocycles. The standard InChI is InChI=1S/C18H19NO3S2/c1-22-12-18(17(19)23)15(13-8-4-2-5-9-13)16(18)24(20,21)14-10-6-3-7-11-14/h2-11,15-16H,12H2,1H3,(H2,19,23)/t15-,16-,18+/m1/s1. The van der Waals surface area contributed by atoms with Crippen molar-refractivity contribution in [1.29, 1.82) is 0 Å². The van der Waals surface area contributed by atoms with E-state index in [-0.39, 0.29) is 22.4 Å². The van der Waals surface area contributed by atoms with Crippen LogP contribution in [0.5, 0.6) is 0 Å². The maximum absolute atomic E-state index is 13.2. The van der Waals surface area contributed by atoms with Crippen LogP contribution in [0.25, 0.3) is 0 Å². The Hall–Kier alpha value is -1.76. The summed E-state index contributed by atoms with van der Waals surface area (Å²) in [6, 6.07) is 17.9. The molecule has 1 fully saturated rings. The van der Waals surface area contributed by atoms with E-state index < -0.39 is 20.5 Å². The van der Waals surface area contributed by atoms with Crippen molar-refractivity contribution >= 4 is 27.0 Å². The van der Waals surface area contributed by atoms with Crippen LogP contribution in [0, 0.1) is 5.41 Å². The highest BCUT2D eigenvalue weighted by Crippen LogP contribution is 2.64. The van der Waals surface area contributed by atoms with Gasteiger partial charge in [0.1, 0.15) is 0 Å². The van der Waals surface area contributed by atoms with E-state index in [1.165, 1.54) is 7.11 Å². The first-order valence-electron chi connectivity index (χ1n) is 7.59. The third kappa shape index (κ3) is 2.55. The first kappa shape index (κ1) is 17.1. The van der Waals surface area contributed by atoms with Crippen LogP contribution in [-0.2, 0) is 14.6 Å². The van der Waals surface area contributed by atoms with Crippen LogP contribution in [0.2, 0.25) is 0 Å². The molecule has 24 heavy (non-hydrogen) atoms. The highest BCUT2D eigenvalue weighted by Gasteiger charge is 2.73. The SMILES string of the molecule is COC[C@]1(C(N)=S)[C@H](c2ccccc2)[C@H]1S(=O)(=O)c1ccccc1. The summed E-state index contributed by atoms with van der Waals surface area (Å²) < 4.78 is 31.7. The quantitative estimate of drug-likeness (QED) is 0.801. The molecule has 1 saturated carbocycles. The molecule has 0 amide bonds. The summed E-state index contributed by atoms with van der Waals surface area (Å²) in [6.07, 6.45) is 0. The molecule has 0 saturated heterocycles. The predicted molar refractivity (Wildman–Crippen MR) is 97.7 cm³/mol. The first-order valence-corrected chi connectivity index (χ1v) is 9.54. The lowest BCUT2D eigenvalue weighted by Crippen LogP contribution is -2.33. The number of hydrogen-bond donors (Lipinski definition) is 1. The van der Waals surface area contributed by atoms with Gasteiger partial charge in [0.25, 0.3) is 0 Å². The number of hydrogen-bond acceptors (Lipinski definition) is 4. The number of thiocarbonyl (C=S) groups is 1. The normalized spacial score (nSPS) is 26.0. The summed E-state index contributed by atoms with van der Waals surface area (Å²) in [5, 5.41) is -0.716. The lowest BCUT2D eigenvalue weighted by atomic mass is 10.00. The maximum Gasteiger partial charge on any atom is 0.182 e. The van der Waals surface area contributed by atoms with Crippen LogP contribution in [-0.4, -0.2) is 32.4 Å². The van der Waals surface area contributed by atoms with Crippen LogP contribution in [0.3, 0.4) is 0 Å². The van der Waals surface area contributed by atoms with Gasteiger partial charge in [-0.15, -0.1) is 0 Å². The van der Waals surface area contributed by atoms with Crippen LogP contribution in [0.1, 0.15) is 11.5 Å². The molecule has 0 unspecified atom stereocenters. The Labute approximate surface area is 147 Å². The average molecular weight is 361 g/mol. The Bertz CT molecular complexity index is 837. The second kappa shape index (κ2) is 6.27. The second-order valence-electron chi connectivity index (χ2n) is 6.00. The number of nitrogens with two attached hydrogens (primary N) is 1. The van der Waals surface area contributed by atoms with Gasteiger partial charge in [-0.1, -0.05) is 60.7 Å². The summed E-state index contributed by atoms with van der Waals surface area (Å²) in [7, 11) is -2.05. The number of sulfone groups is 1. The highest BCUT2D eigenvalue weighted by atomic mass is 32.2. The van der Waals surface area contributed by atoms with Crippen LogP contribution in [0.15, 0.2) is 65.6 Å². The van der Waals surface area contributed by atoms with Crippen molar-refractivity contribution in [1.82, 2.24) is 0 Å². The van der Waals surface area contributed by atoms with Crippen molar-refractivity contribution in [2.75, 3.05) is 13.7 Å². The van der Waals surface area contributed by atoms with Gasteiger partial charge in [-0.2, -0.15) is 0 Å². The van der Waals surface area contributed by atoms with Gasteiger partial charge in [0.15, 0.2) is 9.84 Å². The van der Waals surface area contributed by atoms with Gasteiger partial charge < -0.3 is 10.5 Å². The van der Waals surface area contributed by atoms with Gasteiger partial charge in [-0.05, 0) is 17.7 Å². The Kier molecular flexibility index (Phi) is 4.46. The van der Waals surface area contributed by atoms with Crippen molar-refractivity contribution in [3.05, 3.63) is 66.2 Å². The minimum Gasteiger partial charge on any atom is -0.393 e. The molecule has 0 spiro atoms. The zero-order valence-electron chi connectivity index (χ0n) is 13.3. The minimum absolute atomic E-state index is 0.179. The fraction of sp³-hybridized carbons (Fsp3) is 0.278. The number of benzene rings is 2. The molecule has 0 aliphatic heterocycles. The molecule has 6 heteroatoms. The number of methoxy groups -OCH3 is 1. The van der Waals surface area contributed by atoms with E-state index >= 15 is 0 Å². The van der Waals surface area contributed by atoms with Gasteiger partial charge >= 0.3 is 0 Å². The van der Waals surface area contributed by atoms with E-state index in [4.69, 9.17) is 22.7 Å². The molecule has 2 aromatic rings. The van der Waals surface area contributed by atoms with Gasteiger partial charge in [0.2, 0.25) is 0 Å². The lowest BCUT2D eigenvalue weighted by Gasteiger charge is -2.16. The van der Waals surface area contributed by atoms with E-state index in [1.54, 1.807) is 30.3 Å². The zero-order chi connectivity index (χ0) is 17.4. The van der Waals surface area contributed by atoms with Gasteiger partial charge in [-0.25, -0.2) is 8.42 Å². The molecule has 0 bridgehead atoms. The number of rotatable bonds is 6. The summed E-state index contributed by atoms with van der Waals surface area (Å²) in [5.41, 5.74) is 6.03. The molecule has 126 valence electrons. The molecular formula is C18H19NO3S2. The number of ether oxygens (including phenoxy) is 1. The maximum atomic E-state index is 13.2. The fourth-order valence-electron chi connectivity index (χ4n) is 3.53. The van der Waals surface area contributed by atoms with Gasteiger partial charge in [0, 0.05) is 13.0 Å². The van der Waals surface area contributed by atoms with Gasteiger partial charge in [0.05, 0.1) is 27.2 Å². The summed E-state index contributed by atoms with van der Waals surface area (Å²) in [4.78, 5) is 0.466. The predicted octanol–water partition coefficient (Wildman–Crippen LogP) is 2.55. The van der Waals surface area contributed by atoms with Gasteiger partial charge in [-0.3, -0.25) is 0 Å². The molecule has 1 aliphatic rings. The highest BCUT2D eigenvalue weighted by molar-refractivity contribution is 7.92. The summed E-state index contributed by atoms with van der Waals surface area (Å²) in [5.74, 6) is -0.304. The minimum atomic E-state index is -3.59. The van der Waals surface area contributed by atoms with Crippen molar-refractivity contribution in [3.63, 3.8) is 0 Å². The Morgan fingerprint density at radius 3 is 2.17 bits per heavy atom. The largest absolute Gasteiger partial charge is 0.393 e. The molecule has 3 atom stereocenters. The molecule has 3 rings (SSSR count). The zero-order valence-corrected chi connectivity index (χ0v) is 14.9. The Morgan fingerprint density at radius 2 is 1.67 bits per heavy atom. The molecule has 0 heterocycles. The third-order valence-electron chi connectivity index (χ3n) is 4.66. The van der Waals surface area contributed by atoms with E-state index in [2.05, 4.69) is 0 Å². The first-order chi connectivity index (χ1) is 11.5. The lowest BCUT2D eigenvalue weighted by molar-refractivity contribution is 0.166. The second-order valence-corrected chi connectivity index (χ2v) is 8.51. The third-order valence-corrected chi connectivity index (χ3v) is 7.33. The van der Waals surface area contributed by atoms with Crippen LogP contribution < -0.4 is 5.73 Å². The Balaban J connectivity index is 2.12. The molecular weight excluding hydrogens is 342 g/mol. The van der Waals surface area contributed by atoms with Crippen molar-refractivity contribution in [3.8, 4) is 0 Å². The van der Waals surface area contributed by atoms with Crippen molar-refractivity contribution < 1.29 is 13.2 Å². The van der Waals surface area contributed by atoms with E-state index in [1.807, 2.05) is 30.3 Å². The Morgan fingerprint density at radius 1 is 1.12 bits per heavy atom. The van der Waals surface area contributed by atoms with Crippen molar-refractivity contribution in [2.24, 2.45) is 11.1 Å². The molecule has 1 aliphatic carbocycles. The molecule has 0 radical (unpaired) electrons. The van der Waals surface area contributed by atoms with Crippen LogP contribution in [0.4, 0.5) is 0 Å². The molecule has 2 aromatic carbocycles. The van der Waals surface area contributed by atoms with Crippen LogP contribution >= 0.6 is 12.2 Å². The molecule has 4 nitrogen and oxygen atoms in total. The van der Waals surface area contributed by atoms with E-state index in [0.717, 1.165) is 5.56 Å².